The van der Waals surface area contributed by atoms with Gasteiger partial charge in [0.15, 0.2) is 0 Å². The van der Waals surface area contributed by atoms with Gasteiger partial charge in [-0.3, -0.25) is 0 Å². The van der Waals surface area contributed by atoms with Gasteiger partial charge in [-0.15, -0.1) is 0 Å². The van der Waals surface area contributed by atoms with Crippen LogP contribution in [0.1, 0.15) is 20.3 Å². The molecule has 0 aliphatic heterocycles. The maximum absolute atomic E-state index is 5.89. The van der Waals surface area contributed by atoms with Crippen LogP contribution in [0.15, 0.2) is 0 Å². The molecule has 1 atom stereocenters. The first-order valence-electron chi connectivity index (χ1n) is 5.05. The molecule has 0 rings (SSSR count). The number of hydrogen-bond acceptors (Lipinski definition) is 4. The Kier molecular flexibility index (Phi) is 8.08. The summed E-state index contributed by atoms with van der Waals surface area (Å²) in [6.45, 7) is 7.06. The summed E-state index contributed by atoms with van der Waals surface area (Å²) >= 11 is 0. The third-order valence-corrected chi connectivity index (χ3v) is 2.04. The molecule has 0 aromatic carbocycles. The van der Waals surface area contributed by atoms with E-state index in [1.54, 1.807) is 7.11 Å². The van der Waals surface area contributed by atoms with Crippen LogP contribution in [0.25, 0.3) is 0 Å². The van der Waals surface area contributed by atoms with Crippen molar-refractivity contribution in [1.82, 2.24) is 0 Å². The van der Waals surface area contributed by atoms with Gasteiger partial charge in [0.2, 0.25) is 0 Å². The molecular formula is C10H23NO3. The van der Waals surface area contributed by atoms with E-state index in [2.05, 4.69) is 6.92 Å². The quantitative estimate of drug-likeness (QED) is 0.565. The normalized spacial score (nSPS) is 15.4. The highest BCUT2D eigenvalue weighted by molar-refractivity contribution is 4.75. The van der Waals surface area contributed by atoms with E-state index in [-0.39, 0.29) is 5.54 Å². The highest BCUT2D eigenvalue weighted by Gasteiger charge is 2.14. The molecule has 0 radical (unpaired) electrons. The molecule has 0 bridgehead atoms. The zero-order valence-electron chi connectivity index (χ0n) is 9.54. The van der Waals surface area contributed by atoms with Crippen LogP contribution in [0, 0.1) is 0 Å². The van der Waals surface area contributed by atoms with E-state index in [9.17, 15) is 0 Å². The topological polar surface area (TPSA) is 53.7 Å². The molecule has 0 amide bonds. The predicted octanol–water partition coefficient (Wildman–Crippen LogP) is 0.793. The maximum Gasteiger partial charge on any atom is 0.0701 e. The molecule has 0 saturated carbocycles. The zero-order chi connectivity index (χ0) is 10.9. The Balaban J connectivity index is 3.13. The van der Waals surface area contributed by atoms with Crippen LogP contribution in [0.2, 0.25) is 0 Å². The molecule has 14 heavy (non-hydrogen) atoms. The molecule has 0 fully saturated rings. The maximum atomic E-state index is 5.89. The highest BCUT2D eigenvalue weighted by atomic mass is 16.5. The van der Waals surface area contributed by atoms with E-state index in [1.807, 2.05) is 6.92 Å². The van der Waals surface area contributed by atoms with Gasteiger partial charge >= 0.3 is 0 Å². The molecule has 4 heteroatoms. The van der Waals surface area contributed by atoms with E-state index in [4.69, 9.17) is 19.9 Å². The van der Waals surface area contributed by atoms with Crippen molar-refractivity contribution in [3.8, 4) is 0 Å². The van der Waals surface area contributed by atoms with Crippen molar-refractivity contribution in [2.75, 3.05) is 40.1 Å². The van der Waals surface area contributed by atoms with Gasteiger partial charge in [-0.25, -0.2) is 0 Å². The second-order valence-corrected chi connectivity index (χ2v) is 3.67. The van der Waals surface area contributed by atoms with E-state index in [0.29, 0.717) is 33.0 Å². The summed E-state index contributed by atoms with van der Waals surface area (Å²) in [7, 11) is 1.65. The lowest BCUT2D eigenvalue weighted by atomic mass is 10.0. The molecule has 0 aliphatic carbocycles. The summed E-state index contributed by atoms with van der Waals surface area (Å²) in [5.74, 6) is 0. The highest BCUT2D eigenvalue weighted by Crippen LogP contribution is 2.04. The molecular weight excluding hydrogens is 182 g/mol. The Morgan fingerprint density at radius 3 is 2.21 bits per heavy atom. The Morgan fingerprint density at radius 2 is 1.64 bits per heavy atom. The second kappa shape index (κ2) is 8.17. The van der Waals surface area contributed by atoms with Crippen molar-refractivity contribution in [2.24, 2.45) is 5.73 Å². The third kappa shape index (κ3) is 8.44. The molecule has 0 spiro atoms. The summed E-state index contributed by atoms with van der Waals surface area (Å²) in [5.41, 5.74) is 5.68. The fraction of sp³-hybridized carbons (Fsp3) is 1.00. The first-order valence-corrected chi connectivity index (χ1v) is 5.05. The molecule has 1 unspecified atom stereocenters. The van der Waals surface area contributed by atoms with Gasteiger partial charge in [-0.2, -0.15) is 0 Å². The summed E-state index contributed by atoms with van der Waals surface area (Å²) in [4.78, 5) is 0. The number of ether oxygens (including phenoxy) is 3. The van der Waals surface area contributed by atoms with Crippen LogP contribution < -0.4 is 5.73 Å². The summed E-state index contributed by atoms with van der Waals surface area (Å²) < 4.78 is 15.4. The van der Waals surface area contributed by atoms with Crippen molar-refractivity contribution in [1.29, 1.82) is 0 Å². The van der Waals surface area contributed by atoms with Crippen LogP contribution in [-0.2, 0) is 14.2 Å². The average Bonchev–Trinajstić information content (AvgIpc) is 2.16. The van der Waals surface area contributed by atoms with Gasteiger partial charge in [0.1, 0.15) is 0 Å². The smallest absolute Gasteiger partial charge is 0.0701 e. The number of rotatable bonds is 9. The lowest BCUT2D eigenvalue weighted by Crippen LogP contribution is -2.40. The summed E-state index contributed by atoms with van der Waals surface area (Å²) in [6, 6.07) is 0. The molecule has 0 aliphatic rings. The van der Waals surface area contributed by atoms with Gasteiger partial charge in [-0.1, -0.05) is 6.92 Å². The van der Waals surface area contributed by atoms with Crippen molar-refractivity contribution >= 4 is 0 Å². The average molecular weight is 205 g/mol. The summed E-state index contributed by atoms with van der Waals surface area (Å²) in [5, 5.41) is 0. The minimum atomic E-state index is -0.216. The molecule has 0 saturated heterocycles. The Hall–Kier alpha value is -0.160. The van der Waals surface area contributed by atoms with Gasteiger partial charge in [0.05, 0.1) is 33.0 Å². The van der Waals surface area contributed by atoms with Crippen LogP contribution in [0.5, 0.6) is 0 Å². The predicted molar refractivity (Wildman–Crippen MR) is 56.4 cm³/mol. The fourth-order valence-corrected chi connectivity index (χ4v) is 0.770. The number of methoxy groups -OCH3 is 1. The molecule has 86 valence electrons. The van der Waals surface area contributed by atoms with Crippen LogP contribution in [0.3, 0.4) is 0 Å². The first-order chi connectivity index (χ1) is 6.62. The molecule has 4 nitrogen and oxygen atoms in total. The largest absolute Gasteiger partial charge is 0.382 e. The van der Waals surface area contributed by atoms with Gasteiger partial charge in [0, 0.05) is 12.6 Å². The zero-order valence-corrected chi connectivity index (χ0v) is 9.54. The van der Waals surface area contributed by atoms with Gasteiger partial charge in [-0.05, 0) is 13.3 Å². The summed E-state index contributed by atoms with van der Waals surface area (Å²) in [6.07, 6.45) is 0.914. The van der Waals surface area contributed by atoms with Gasteiger partial charge in [0.25, 0.3) is 0 Å². The number of hydrogen-bond donors (Lipinski definition) is 1. The minimum Gasteiger partial charge on any atom is -0.382 e. The minimum absolute atomic E-state index is 0.216. The first kappa shape index (κ1) is 13.8. The lowest BCUT2D eigenvalue weighted by Gasteiger charge is -2.22. The van der Waals surface area contributed by atoms with Crippen LogP contribution in [-0.4, -0.2) is 45.7 Å². The van der Waals surface area contributed by atoms with Crippen LogP contribution >= 0.6 is 0 Å². The lowest BCUT2D eigenvalue weighted by molar-refractivity contribution is 0.0128. The third-order valence-electron chi connectivity index (χ3n) is 2.04. The van der Waals surface area contributed by atoms with Crippen molar-refractivity contribution in [2.45, 2.75) is 25.8 Å². The van der Waals surface area contributed by atoms with Crippen molar-refractivity contribution < 1.29 is 14.2 Å². The Morgan fingerprint density at radius 1 is 1.07 bits per heavy atom. The standard InChI is InChI=1S/C10H23NO3/c1-4-10(2,11)9-14-8-7-13-6-5-12-3/h4-9,11H2,1-3H3. The Bertz CT molecular complexity index is 129. The second-order valence-electron chi connectivity index (χ2n) is 3.67. The molecule has 0 aromatic rings. The Labute approximate surface area is 86.7 Å². The molecule has 0 heterocycles. The number of nitrogens with two attached hydrogens (primary N) is 1. The van der Waals surface area contributed by atoms with Crippen molar-refractivity contribution in [3.05, 3.63) is 0 Å². The van der Waals surface area contributed by atoms with E-state index in [0.717, 1.165) is 6.42 Å². The molecule has 0 aromatic heterocycles. The van der Waals surface area contributed by atoms with E-state index in [1.165, 1.54) is 0 Å². The van der Waals surface area contributed by atoms with Crippen LogP contribution in [0.4, 0.5) is 0 Å². The van der Waals surface area contributed by atoms with E-state index < -0.39 is 0 Å². The van der Waals surface area contributed by atoms with Gasteiger partial charge < -0.3 is 19.9 Å². The monoisotopic (exact) mass is 205 g/mol. The fourth-order valence-electron chi connectivity index (χ4n) is 0.770. The van der Waals surface area contributed by atoms with Crippen molar-refractivity contribution in [3.63, 3.8) is 0 Å². The SMILES string of the molecule is CCC(C)(N)COCCOCCOC. The molecule has 2 N–H and O–H groups in total. The van der Waals surface area contributed by atoms with E-state index >= 15 is 0 Å².